The number of benzene rings is 1. The van der Waals surface area contributed by atoms with E-state index >= 15 is 0 Å². The highest BCUT2D eigenvalue weighted by atomic mass is 14.9. The van der Waals surface area contributed by atoms with E-state index in [4.69, 9.17) is 0 Å². The van der Waals surface area contributed by atoms with Crippen molar-refractivity contribution >= 4 is 0 Å². The summed E-state index contributed by atoms with van der Waals surface area (Å²) in [7, 11) is 0. The molecule has 0 aromatic heterocycles. The predicted octanol–water partition coefficient (Wildman–Crippen LogP) is 4.18. The molecule has 0 aliphatic heterocycles. The van der Waals surface area contributed by atoms with Gasteiger partial charge >= 0.3 is 0 Å². The van der Waals surface area contributed by atoms with Crippen molar-refractivity contribution in [3.8, 4) is 0 Å². The van der Waals surface area contributed by atoms with Gasteiger partial charge in [0, 0.05) is 6.04 Å². The van der Waals surface area contributed by atoms with Gasteiger partial charge in [0.1, 0.15) is 0 Å². The standard InChI is InChI=1S/C17H27N/c1-2-14-18-17(16-10-6-7-11-16)13-12-15-8-4-3-5-9-15/h3-5,8-9,16-18H,2,6-7,10-14H2,1H3. The Kier molecular flexibility index (Phi) is 5.73. The molecule has 18 heavy (non-hydrogen) atoms. The molecular weight excluding hydrogens is 218 g/mol. The lowest BCUT2D eigenvalue weighted by molar-refractivity contribution is 0.341. The van der Waals surface area contributed by atoms with Crippen molar-refractivity contribution in [2.75, 3.05) is 6.54 Å². The largest absolute Gasteiger partial charge is 0.314 e. The molecule has 1 aromatic rings. The minimum Gasteiger partial charge on any atom is -0.314 e. The van der Waals surface area contributed by atoms with Crippen molar-refractivity contribution in [3.05, 3.63) is 35.9 Å². The summed E-state index contributed by atoms with van der Waals surface area (Å²) in [5.41, 5.74) is 1.48. The Bertz CT molecular complexity index is 314. The van der Waals surface area contributed by atoms with Crippen molar-refractivity contribution in [1.29, 1.82) is 0 Å². The Morgan fingerprint density at radius 3 is 2.56 bits per heavy atom. The minimum atomic E-state index is 0.743. The average molecular weight is 245 g/mol. The van der Waals surface area contributed by atoms with E-state index in [2.05, 4.69) is 42.6 Å². The van der Waals surface area contributed by atoms with Crippen LogP contribution in [-0.2, 0) is 6.42 Å². The summed E-state index contributed by atoms with van der Waals surface area (Å²) < 4.78 is 0. The van der Waals surface area contributed by atoms with E-state index in [1.807, 2.05) is 0 Å². The van der Waals surface area contributed by atoms with Crippen molar-refractivity contribution in [2.24, 2.45) is 5.92 Å². The Morgan fingerprint density at radius 1 is 1.17 bits per heavy atom. The third kappa shape index (κ3) is 4.13. The van der Waals surface area contributed by atoms with Gasteiger partial charge in [0.05, 0.1) is 0 Å². The van der Waals surface area contributed by atoms with Gasteiger partial charge in [-0.3, -0.25) is 0 Å². The van der Waals surface area contributed by atoms with Gasteiger partial charge < -0.3 is 5.32 Å². The lowest BCUT2D eigenvalue weighted by atomic mass is 9.92. The van der Waals surface area contributed by atoms with Crippen LogP contribution in [0.15, 0.2) is 30.3 Å². The molecule has 0 amide bonds. The molecular formula is C17H27N. The SMILES string of the molecule is CCCNC(CCc1ccccc1)C1CCCC1. The maximum absolute atomic E-state index is 3.78. The molecule has 1 saturated carbocycles. The first-order valence-electron chi connectivity index (χ1n) is 7.67. The Morgan fingerprint density at radius 2 is 1.89 bits per heavy atom. The van der Waals surface area contributed by atoms with Crippen LogP contribution >= 0.6 is 0 Å². The predicted molar refractivity (Wildman–Crippen MR) is 78.8 cm³/mol. The smallest absolute Gasteiger partial charge is 0.00984 e. The molecule has 0 saturated heterocycles. The fraction of sp³-hybridized carbons (Fsp3) is 0.647. The quantitative estimate of drug-likeness (QED) is 0.760. The van der Waals surface area contributed by atoms with Gasteiger partial charge in [0.2, 0.25) is 0 Å². The van der Waals surface area contributed by atoms with Gasteiger partial charge in [-0.2, -0.15) is 0 Å². The maximum Gasteiger partial charge on any atom is 0.00984 e. The molecule has 1 N–H and O–H groups in total. The highest BCUT2D eigenvalue weighted by Gasteiger charge is 2.23. The van der Waals surface area contributed by atoms with Crippen molar-refractivity contribution in [3.63, 3.8) is 0 Å². The molecule has 1 aliphatic rings. The molecule has 100 valence electrons. The molecule has 0 spiro atoms. The van der Waals surface area contributed by atoms with Crippen LogP contribution in [0.25, 0.3) is 0 Å². The molecule has 2 rings (SSSR count). The Balaban J connectivity index is 1.84. The molecule has 1 aliphatic carbocycles. The van der Waals surface area contributed by atoms with Crippen molar-refractivity contribution < 1.29 is 0 Å². The summed E-state index contributed by atoms with van der Waals surface area (Å²) in [6.07, 6.45) is 9.54. The number of rotatable bonds is 7. The molecule has 1 nitrogen and oxygen atoms in total. The average Bonchev–Trinajstić information content (AvgIpc) is 2.94. The summed E-state index contributed by atoms with van der Waals surface area (Å²) in [6, 6.07) is 11.7. The molecule has 1 heteroatoms. The molecule has 1 unspecified atom stereocenters. The summed E-state index contributed by atoms with van der Waals surface area (Å²) in [4.78, 5) is 0. The lowest BCUT2D eigenvalue weighted by Crippen LogP contribution is -2.36. The summed E-state index contributed by atoms with van der Waals surface area (Å²) >= 11 is 0. The van der Waals surface area contributed by atoms with E-state index < -0.39 is 0 Å². The maximum atomic E-state index is 3.78. The van der Waals surface area contributed by atoms with Crippen LogP contribution in [0, 0.1) is 5.92 Å². The molecule has 1 aromatic carbocycles. The second kappa shape index (κ2) is 7.58. The highest BCUT2D eigenvalue weighted by molar-refractivity contribution is 5.14. The number of hydrogen-bond donors (Lipinski definition) is 1. The molecule has 1 atom stereocenters. The molecule has 0 heterocycles. The molecule has 1 fully saturated rings. The van der Waals surface area contributed by atoms with Crippen LogP contribution in [0.1, 0.15) is 51.0 Å². The number of nitrogens with one attached hydrogen (secondary N) is 1. The molecule has 0 bridgehead atoms. The van der Waals surface area contributed by atoms with Gasteiger partial charge in [0.15, 0.2) is 0 Å². The van der Waals surface area contributed by atoms with Gasteiger partial charge in [-0.05, 0) is 50.1 Å². The second-order valence-corrected chi connectivity index (χ2v) is 5.63. The first kappa shape index (κ1) is 13.6. The summed E-state index contributed by atoms with van der Waals surface area (Å²) in [5.74, 6) is 0.931. The zero-order valence-corrected chi connectivity index (χ0v) is 11.7. The zero-order chi connectivity index (χ0) is 12.6. The van der Waals surface area contributed by atoms with E-state index in [0.717, 1.165) is 12.0 Å². The van der Waals surface area contributed by atoms with Crippen molar-refractivity contribution in [2.45, 2.75) is 57.9 Å². The van der Waals surface area contributed by atoms with E-state index in [1.165, 1.54) is 57.1 Å². The Hall–Kier alpha value is -0.820. The van der Waals surface area contributed by atoms with Gasteiger partial charge in [0.25, 0.3) is 0 Å². The summed E-state index contributed by atoms with van der Waals surface area (Å²) in [5, 5.41) is 3.78. The normalized spacial score (nSPS) is 18.1. The van der Waals surface area contributed by atoms with Crippen LogP contribution in [0.3, 0.4) is 0 Å². The van der Waals surface area contributed by atoms with E-state index in [-0.39, 0.29) is 0 Å². The topological polar surface area (TPSA) is 12.0 Å². The van der Waals surface area contributed by atoms with E-state index in [9.17, 15) is 0 Å². The van der Waals surface area contributed by atoms with Gasteiger partial charge in [-0.1, -0.05) is 50.1 Å². The third-order valence-electron chi connectivity index (χ3n) is 4.21. The van der Waals surface area contributed by atoms with Gasteiger partial charge in [-0.15, -0.1) is 0 Å². The monoisotopic (exact) mass is 245 g/mol. The van der Waals surface area contributed by atoms with Crippen LogP contribution in [0.5, 0.6) is 0 Å². The zero-order valence-electron chi connectivity index (χ0n) is 11.7. The van der Waals surface area contributed by atoms with Crippen LogP contribution in [0.2, 0.25) is 0 Å². The van der Waals surface area contributed by atoms with Crippen LogP contribution in [0.4, 0.5) is 0 Å². The van der Waals surface area contributed by atoms with E-state index in [1.54, 1.807) is 0 Å². The highest BCUT2D eigenvalue weighted by Crippen LogP contribution is 2.29. The fourth-order valence-corrected chi connectivity index (χ4v) is 3.16. The van der Waals surface area contributed by atoms with Crippen LogP contribution in [-0.4, -0.2) is 12.6 Å². The van der Waals surface area contributed by atoms with Crippen LogP contribution < -0.4 is 5.32 Å². The first-order chi connectivity index (χ1) is 8.90. The summed E-state index contributed by atoms with van der Waals surface area (Å²) in [6.45, 7) is 3.44. The second-order valence-electron chi connectivity index (χ2n) is 5.63. The number of hydrogen-bond acceptors (Lipinski definition) is 1. The van der Waals surface area contributed by atoms with Crippen molar-refractivity contribution in [1.82, 2.24) is 5.32 Å². The van der Waals surface area contributed by atoms with Gasteiger partial charge in [-0.25, -0.2) is 0 Å². The third-order valence-corrected chi connectivity index (χ3v) is 4.21. The number of aryl methyl sites for hydroxylation is 1. The van der Waals surface area contributed by atoms with E-state index in [0.29, 0.717) is 0 Å². The first-order valence-corrected chi connectivity index (χ1v) is 7.67. The molecule has 0 radical (unpaired) electrons. The lowest BCUT2D eigenvalue weighted by Gasteiger charge is -2.24. The Labute approximate surface area is 112 Å². The fourth-order valence-electron chi connectivity index (χ4n) is 3.16. The minimum absolute atomic E-state index is 0.743.